The molecule has 1 aliphatic carbocycles. The minimum absolute atomic E-state index is 0. The van der Waals surface area contributed by atoms with E-state index < -0.39 is 0 Å². The monoisotopic (exact) mass is 355 g/mol. The van der Waals surface area contributed by atoms with E-state index in [0.717, 1.165) is 52.7 Å². The number of benzene rings is 2. The van der Waals surface area contributed by atoms with Crippen LogP contribution in [0.2, 0.25) is 0 Å². The van der Waals surface area contributed by atoms with Crippen LogP contribution < -0.4 is 15.4 Å². The van der Waals surface area contributed by atoms with Crippen LogP contribution in [0.25, 0.3) is 5.70 Å². The molecule has 1 heterocycles. The molecule has 4 rings (SSSR count). The van der Waals surface area contributed by atoms with Crippen LogP contribution in [0.4, 0.5) is 11.4 Å². The van der Waals surface area contributed by atoms with Gasteiger partial charge < -0.3 is 15.4 Å². The number of halogens is 1. The molecule has 0 spiro atoms. The number of nitrogens with two attached hydrogens (primary N) is 1. The van der Waals surface area contributed by atoms with Gasteiger partial charge in [-0.15, -0.1) is 12.4 Å². The zero-order valence-electron chi connectivity index (χ0n) is 14.4. The smallest absolute Gasteiger partial charge is 0.162 e. The van der Waals surface area contributed by atoms with E-state index in [-0.39, 0.29) is 18.5 Å². The maximum absolute atomic E-state index is 6.23. The Morgan fingerprint density at radius 1 is 1.08 bits per heavy atom. The maximum Gasteiger partial charge on any atom is 0.162 e. The van der Waals surface area contributed by atoms with Gasteiger partial charge in [0.15, 0.2) is 6.10 Å². The molecular weight excluding hydrogens is 334 g/mol. The van der Waals surface area contributed by atoms with Crippen LogP contribution >= 0.6 is 12.4 Å². The summed E-state index contributed by atoms with van der Waals surface area (Å²) in [6, 6.07) is 14.3. The first-order valence-corrected chi connectivity index (χ1v) is 8.42. The van der Waals surface area contributed by atoms with E-state index in [1.54, 1.807) is 0 Å². The van der Waals surface area contributed by atoms with Crippen LogP contribution in [-0.2, 0) is 0 Å². The third-order valence-electron chi connectivity index (χ3n) is 4.68. The second-order valence-corrected chi connectivity index (χ2v) is 6.03. The van der Waals surface area contributed by atoms with Crippen LogP contribution in [0.1, 0.15) is 25.0 Å². The highest BCUT2D eigenvalue weighted by atomic mass is 35.5. The van der Waals surface area contributed by atoms with E-state index in [2.05, 4.69) is 36.9 Å². The summed E-state index contributed by atoms with van der Waals surface area (Å²) >= 11 is 0. The maximum atomic E-state index is 6.23. The number of hydrogen-bond acceptors (Lipinski definition) is 4. The van der Waals surface area contributed by atoms with Gasteiger partial charge in [-0.3, -0.25) is 0 Å². The van der Waals surface area contributed by atoms with Crippen molar-refractivity contribution in [1.82, 2.24) is 0 Å². The van der Waals surface area contributed by atoms with Crippen molar-refractivity contribution in [2.75, 3.05) is 18.0 Å². The van der Waals surface area contributed by atoms with Gasteiger partial charge in [0.2, 0.25) is 0 Å². The van der Waals surface area contributed by atoms with Crippen molar-refractivity contribution in [1.29, 1.82) is 0 Å². The summed E-state index contributed by atoms with van der Waals surface area (Å²) in [5.74, 6) is 0.816. The molecule has 130 valence electrons. The van der Waals surface area contributed by atoms with Gasteiger partial charge in [-0.1, -0.05) is 24.3 Å². The Labute approximate surface area is 154 Å². The van der Waals surface area contributed by atoms with E-state index in [9.17, 15) is 0 Å². The van der Waals surface area contributed by atoms with Crippen molar-refractivity contribution in [3.63, 3.8) is 0 Å². The summed E-state index contributed by atoms with van der Waals surface area (Å²) in [7, 11) is 0. The summed E-state index contributed by atoms with van der Waals surface area (Å²) in [6.07, 6.45) is 1.73. The van der Waals surface area contributed by atoms with Crippen LogP contribution in [0.5, 0.6) is 5.75 Å². The number of ether oxygens (including phenoxy) is 1. The molecule has 0 bridgehead atoms. The third-order valence-corrected chi connectivity index (χ3v) is 4.68. The van der Waals surface area contributed by atoms with Gasteiger partial charge in [0, 0.05) is 41.7 Å². The molecule has 0 radical (unpaired) electrons. The molecule has 2 aliphatic rings. The van der Waals surface area contributed by atoms with Crippen molar-refractivity contribution in [3.05, 3.63) is 59.7 Å². The Morgan fingerprint density at radius 2 is 1.80 bits per heavy atom. The lowest BCUT2D eigenvalue weighted by Crippen LogP contribution is -2.33. The molecule has 0 amide bonds. The summed E-state index contributed by atoms with van der Waals surface area (Å²) in [4.78, 5) is 7.16. The zero-order valence-corrected chi connectivity index (χ0v) is 15.2. The number of anilines is 1. The van der Waals surface area contributed by atoms with E-state index in [0.29, 0.717) is 0 Å². The summed E-state index contributed by atoms with van der Waals surface area (Å²) in [5, 5.41) is 0. The molecule has 5 heteroatoms. The Bertz CT molecular complexity index is 856. The van der Waals surface area contributed by atoms with Crippen molar-refractivity contribution in [2.24, 2.45) is 10.7 Å². The SMILES string of the molecule is CCN(CC)c1ccc2c(c1)OC1C=C(N)c3ccccc3C1=N2.Cl. The third kappa shape index (κ3) is 2.87. The summed E-state index contributed by atoms with van der Waals surface area (Å²) < 4.78 is 6.23. The molecule has 2 aromatic carbocycles. The number of aliphatic imine (C=N–C) groups is 1. The molecule has 2 aromatic rings. The fraction of sp³-hybridized carbons (Fsp3) is 0.250. The average molecular weight is 356 g/mol. The van der Waals surface area contributed by atoms with E-state index in [1.165, 1.54) is 0 Å². The number of rotatable bonds is 3. The standard InChI is InChI=1S/C20H21N3O.ClH/c1-3-23(4-2)13-9-10-17-18(11-13)24-19-12-16(21)14-7-5-6-8-15(14)20(19)22-17;/h5-12,19H,3-4,21H2,1-2H3;1H. The molecular formula is C20H22ClN3O. The van der Waals surface area contributed by atoms with Crippen molar-refractivity contribution >= 4 is 35.2 Å². The van der Waals surface area contributed by atoms with Gasteiger partial charge in [-0.05, 0) is 32.1 Å². The summed E-state index contributed by atoms with van der Waals surface area (Å²) in [5.41, 5.74) is 12.0. The first-order valence-electron chi connectivity index (χ1n) is 8.42. The lowest BCUT2D eigenvalue weighted by atomic mass is 9.90. The van der Waals surface area contributed by atoms with E-state index >= 15 is 0 Å². The Hall–Kier alpha value is -2.46. The van der Waals surface area contributed by atoms with Gasteiger partial charge in [0.1, 0.15) is 11.4 Å². The number of fused-ring (bicyclic) bond motifs is 4. The van der Waals surface area contributed by atoms with E-state index in [4.69, 9.17) is 15.5 Å². The first-order chi connectivity index (χ1) is 11.7. The highest BCUT2D eigenvalue weighted by Crippen LogP contribution is 2.39. The largest absolute Gasteiger partial charge is 0.478 e. The normalized spacial score (nSPS) is 17.0. The Kier molecular flexibility index (Phi) is 4.73. The molecule has 0 saturated heterocycles. The van der Waals surface area contributed by atoms with Gasteiger partial charge in [0.25, 0.3) is 0 Å². The van der Waals surface area contributed by atoms with Gasteiger partial charge in [-0.25, -0.2) is 4.99 Å². The minimum atomic E-state index is -0.223. The molecule has 1 unspecified atom stereocenters. The molecule has 25 heavy (non-hydrogen) atoms. The molecule has 0 aromatic heterocycles. The predicted octanol–water partition coefficient (Wildman–Crippen LogP) is 4.15. The topological polar surface area (TPSA) is 50.9 Å². The van der Waals surface area contributed by atoms with Gasteiger partial charge in [-0.2, -0.15) is 0 Å². The minimum Gasteiger partial charge on any atom is -0.478 e. The first kappa shape index (κ1) is 17.4. The Morgan fingerprint density at radius 3 is 2.52 bits per heavy atom. The van der Waals surface area contributed by atoms with Crippen LogP contribution in [-0.4, -0.2) is 24.9 Å². The molecule has 1 aliphatic heterocycles. The van der Waals surface area contributed by atoms with E-state index in [1.807, 2.05) is 30.3 Å². The lowest BCUT2D eigenvalue weighted by Gasteiger charge is -2.30. The van der Waals surface area contributed by atoms with Crippen LogP contribution in [0.3, 0.4) is 0 Å². The molecule has 0 fully saturated rings. The van der Waals surface area contributed by atoms with Crippen molar-refractivity contribution in [2.45, 2.75) is 20.0 Å². The quantitative estimate of drug-likeness (QED) is 0.899. The fourth-order valence-corrected chi connectivity index (χ4v) is 3.40. The second kappa shape index (κ2) is 6.81. The average Bonchev–Trinajstić information content (AvgIpc) is 2.62. The lowest BCUT2D eigenvalue weighted by molar-refractivity contribution is 0.308. The predicted molar refractivity (Wildman–Crippen MR) is 106 cm³/mol. The summed E-state index contributed by atoms with van der Waals surface area (Å²) in [6.45, 7) is 6.24. The second-order valence-electron chi connectivity index (χ2n) is 6.03. The number of nitrogens with zero attached hydrogens (tertiary/aromatic N) is 2. The zero-order chi connectivity index (χ0) is 16.7. The highest BCUT2D eigenvalue weighted by molar-refractivity contribution is 6.13. The van der Waals surface area contributed by atoms with Crippen LogP contribution in [0, 0.1) is 0 Å². The Balaban J connectivity index is 0.00000182. The molecule has 1 atom stereocenters. The van der Waals surface area contributed by atoms with Gasteiger partial charge >= 0.3 is 0 Å². The molecule has 2 N–H and O–H groups in total. The highest BCUT2D eigenvalue weighted by Gasteiger charge is 2.30. The molecule has 0 saturated carbocycles. The van der Waals surface area contributed by atoms with Crippen LogP contribution in [0.15, 0.2) is 53.5 Å². The molecule has 4 nitrogen and oxygen atoms in total. The van der Waals surface area contributed by atoms with Crippen molar-refractivity contribution in [3.8, 4) is 5.75 Å². The fourth-order valence-electron chi connectivity index (χ4n) is 3.40. The number of hydrogen-bond donors (Lipinski definition) is 1. The van der Waals surface area contributed by atoms with Crippen molar-refractivity contribution < 1.29 is 4.74 Å². The van der Waals surface area contributed by atoms with Gasteiger partial charge in [0.05, 0.1) is 5.71 Å².